The summed E-state index contributed by atoms with van der Waals surface area (Å²) >= 11 is 3.46. The van der Waals surface area contributed by atoms with Crippen LogP contribution in [0.3, 0.4) is 0 Å². The van der Waals surface area contributed by atoms with Crippen molar-refractivity contribution in [2.75, 3.05) is 26.3 Å². The molecule has 104 valence electrons. The average molecular weight is 334 g/mol. The van der Waals surface area contributed by atoms with Crippen molar-refractivity contribution in [2.24, 2.45) is 0 Å². The molecular formula is C16H16BrNO2. The van der Waals surface area contributed by atoms with Gasteiger partial charge in [-0.05, 0) is 41.5 Å². The summed E-state index contributed by atoms with van der Waals surface area (Å²) in [5.41, 5.74) is 0.752. The number of amides is 1. The maximum Gasteiger partial charge on any atom is 0.253 e. The molecule has 2 aromatic rings. The smallest absolute Gasteiger partial charge is 0.253 e. The predicted molar refractivity (Wildman–Crippen MR) is 83.0 cm³/mol. The number of carbonyl (C=O) groups excluding carboxylic acids is 1. The maximum absolute atomic E-state index is 12.5. The van der Waals surface area contributed by atoms with Crippen LogP contribution in [0.5, 0.6) is 0 Å². The Labute approximate surface area is 126 Å². The van der Waals surface area contributed by atoms with E-state index in [1.54, 1.807) is 0 Å². The van der Waals surface area contributed by atoms with Gasteiger partial charge >= 0.3 is 0 Å². The lowest BCUT2D eigenvalue weighted by molar-refractivity contribution is 0.0741. The first-order chi connectivity index (χ1) is 9.74. The summed E-state index contributed by atoms with van der Waals surface area (Å²) in [7, 11) is 0. The van der Waals surface area contributed by atoms with Crippen LogP contribution in [-0.2, 0) is 4.74 Å². The van der Waals surface area contributed by atoms with Crippen LogP contribution >= 0.6 is 15.9 Å². The molecule has 1 aliphatic rings. The zero-order valence-corrected chi connectivity index (χ0v) is 12.7. The third-order valence-corrected chi connectivity index (χ3v) is 4.05. The highest BCUT2D eigenvalue weighted by Gasteiger charge is 2.17. The first kappa shape index (κ1) is 13.6. The lowest BCUT2D eigenvalue weighted by Gasteiger charge is -2.19. The number of halogens is 1. The van der Waals surface area contributed by atoms with Crippen LogP contribution in [0, 0.1) is 0 Å². The first-order valence-electron chi connectivity index (χ1n) is 6.80. The van der Waals surface area contributed by atoms with Crippen LogP contribution in [0.1, 0.15) is 16.8 Å². The van der Waals surface area contributed by atoms with Crippen molar-refractivity contribution >= 4 is 32.6 Å². The fourth-order valence-corrected chi connectivity index (χ4v) is 2.86. The zero-order valence-electron chi connectivity index (χ0n) is 11.1. The van der Waals surface area contributed by atoms with E-state index in [2.05, 4.69) is 22.0 Å². The Morgan fingerprint density at radius 1 is 1.05 bits per heavy atom. The molecule has 4 heteroatoms. The molecule has 1 amide bonds. The lowest BCUT2D eigenvalue weighted by atomic mass is 10.1. The number of hydrogen-bond acceptors (Lipinski definition) is 2. The monoisotopic (exact) mass is 333 g/mol. The number of rotatable bonds is 1. The Morgan fingerprint density at radius 3 is 2.75 bits per heavy atom. The normalized spacial score (nSPS) is 16.1. The minimum atomic E-state index is 0.0975. The second kappa shape index (κ2) is 5.94. The van der Waals surface area contributed by atoms with E-state index >= 15 is 0 Å². The minimum absolute atomic E-state index is 0.0975. The van der Waals surface area contributed by atoms with Crippen molar-refractivity contribution in [1.82, 2.24) is 4.90 Å². The van der Waals surface area contributed by atoms with Gasteiger partial charge in [-0.3, -0.25) is 4.79 Å². The quantitative estimate of drug-likeness (QED) is 0.799. The standard InChI is InChI=1S/C16H16BrNO2/c17-15-5-4-12-10-14(3-2-13(12)11-15)16(19)18-6-1-8-20-9-7-18/h2-5,10-11H,1,6-9H2. The highest BCUT2D eigenvalue weighted by Crippen LogP contribution is 2.21. The molecule has 0 N–H and O–H groups in total. The second-order valence-electron chi connectivity index (χ2n) is 4.96. The molecule has 0 bridgehead atoms. The van der Waals surface area contributed by atoms with E-state index in [0.29, 0.717) is 13.2 Å². The first-order valence-corrected chi connectivity index (χ1v) is 7.60. The summed E-state index contributed by atoms with van der Waals surface area (Å²) < 4.78 is 6.44. The summed E-state index contributed by atoms with van der Waals surface area (Å²) in [6.07, 6.45) is 0.909. The molecule has 1 heterocycles. The number of carbonyl (C=O) groups is 1. The average Bonchev–Trinajstić information content (AvgIpc) is 2.75. The highest BCUT2D eigenvalue weighted by molar-refractivity contribution is 9.10. The third-order valence-electron chi connectivity index (χ3n) is 3.56. The third kappa shape index (κ3) is 2.86. The van der Waals surface area contributed by atoms with Gasteiger partial charge in [0.2, 0.25) is 0 Å². The van der Waals surface area contributed by atoms with Gasteiger partial charge in [0, 0.05) is 29.7 Å². The van der Waals surface area contributed by atoms with Gasteiger partial charge in [0.1, 0.15) is 0 Å². The topological polar surface area (TPSA) is 29.5 Å². The van der Waals surface area contributed by atoms with Crippen LogP contribution in [0.2, 0.25) is 0 Å². The number of benzene rings is 2. The molecule has 1 fully saturated rings. The van der Waals surface area contributed by atoms with E-state index in [-0.39, 0.29) is 5.91 Å². The van der Waals surface area contributed by atoms with Crippen molar-refractivity contribution in [3.63, 3.8) is 0 Å². The fraction of sp³-hybridized carbons (Fsp3) is 0.312. The predicted octanol–water partition coefficient (Wildman–Crippen LogP) is 3.46. The Balaban J connectivity index is 1.89. The Hall–Kier alpha value is -1.39. The zero-order chi connectivity index (χ0) is 13.9. The molecule has 0 saturated carbocycles. The van der Waals surface area contributed by atoms with Gasteiger partial charge in [0.25, 0.3) is 5.91 Å². The molecule has 0 spiro atoms. The number of fused-ring (bicyclic) bond motifs is 1. The van der Waals surface area contributed by atoms with Crippen LogP contribution in [-0.4, -0.2) is 37.1 Å². The number of nitrogens with zero attached hydrogens (tertiary/aromatic N) is 1. The molecule has 1 saturated heterocycles. The molecule has 0 atom stereocenters. The maximum atomic E-state index is 12.5. The second-order valence-corrected chi connectivity index (χ2v) is 5.88. The van der Waals surface area contributed by atoms with Crippen molar-refractivity contribution in [3.05, 3.63) is 46.4 Å². The van der Waals surface area contributed by atoms with E-state index in [1.807, 2.05) is 35.2 Å². The molecule has 0 radical (unpaired) electrons. The Bertz CT molecular complexity index is 633. The molecule has 0 aromatic heterocycles. The van der Waals surface area contributed by atoms with E-state index in [1.165, 1.54) is 0 Å². The Kier molecular flexibility index (Phi) is 4.03. The summed E-state index contributed by atoms with van der Waals surface area (Å²) in [6.45, 7) is 2.83. The van der Waals surface area contributed by atoms with Gasteiger partial charge in [-0.1, -0.05) is 28.1 Å². The van der Waals surface area contributed by atoms with Gasteiger partial charge in [-0.15, -0.1) is 0 Å². The summed E-state index contributed by atoms with van der Waals surface area (Å²) in [6, 6.07) is 12.0. The molecule has 20 heavy (non-hydrogen) atoms. The van der Waals surface area contributed by atoms with Gasteiger partial charge in [0.05, 0.1) is 6.61 Å². The molecule has 1 aliphatic heterocycles. The number of ether oxygens (including phenoxy) is 1. The van der Waals surface area contributed by atoms with Crippen molar-refractivity contribution in [3.8, 4) is 0 Å². The van der Waals surface area contributed by atoms with Crippen molar-refractivity contribution in [1.29, 1.82) is 0 Å². The fourth-order valence-electron chi connectivity index (χ4n) is 2.48. The van der Waals surface area contributed by atoms with E-state index < -0.39 is 0 Å². The molecule has 3 rings (SSSR count). The van der Waals surface area contributed by atoms with E-state index in [9.17, 15) is 4.79 Å². The van der Waals surface area contributed by atoms with E-state index in [4.69, 9.17) is 4.74 Å². The van der Waals surface area contributed by atoms with Crippen molar-refractivity contribution in [2.45, 2.75) is 6.42 Å². The summed E-state index contributed by atoms with van der Waals surface area (Å²) in [5.74, 6) is 0.0975. The minimum Gasteiger partial charge on any atom is -0.380 e. The molecule has 0 unspecified atom stereocenters. The van der Waals surface area contributed by atoms with Crippen LogP contribution < -0.4 is 0 Å². The Morgan fingerprint density at radius 2 is 1.85 bits per heavy atom. The van der Waals surface area contributed by atoms with Gasteiger partial charge in [0.15, 0.2) is 0 Å². The molecule has 0 aliphatic carbocycles. The van der Waals surface area contributed by atoms with Crippen LogP contribution in [0.4, 0.5) is 0 Å². The largest absolute Gasteiger partial charge is 0.380 e. The summed E-state index contributed by atoms with van der Waals surface area (Å²) in [5, 5.41) is 2.22. The molecule has 2 aromatic carbocycles. The van der Waals surface area contributed by atoms with Crippen LogP contribution in [0.25, 0.3) is 10.8 Å². The number of hydrogen-bond donors (Lipinski definition) is 0. The highest BCUT2D eigenvalue weighted by atomic mass is 79.9. The SMILES string of the molecule is O=C(c1ccc2cc(Br)ccc2c1)N1CCCOCC1. The lowest BCUT2D eigenvalue weighted by Crippen LogP contribution is -2.33. The molecular weight excluding hydrogens is 318 g/mol. The van der Waals surface area contributed by atoms with Crippen LogP contribution in [0.15, 0.2) is 40.9 Å². The van der Waals surface area contributed by atoms with Crippen molar-refractivity contribution < 1.29 is 9.53 Å². The van der Waals surface area contributed by atoms with Gasteiger partial charge in [-0.2, -0.15) is 0 Å². The van der Waals surface area contributed by atoms with E-state index in [0.717, 1.165) is 40.4 Å². The summed E-state index contributed by atoms with van der Waals surface area (Å²) in [4.78, 5) is 14.4. The van der Waals surface area contributed by atoms with Gasteiger partial charge in [-0.25, -0.2) is 0 Å². The molecule has 3 nitrogen and oxygen atoms in total. The van der Waals surface area contributed by atoms with Gasteiger partial charge < -0.3 is 9.64 Å².